The first-order valence-electron chi connectivity index (χ1n) is 12.3. The van der Waals surface area contributed by atoms with Crippen LogP contribution in [0.3, 0.4) is 0 Å². The lowest BCUT2D eigenvalue weighted by molar-refractivity contribution is 0.483. The second-order valence-corrected chi connectivity index (χ2v) is 9.20. The molecule has 0 aliphatic rings. The molecule has 0 saturated heterocycles. The number of para-hydroxylation sites is 1. The minimum Gasteiger partial charge on any atom is -0.457 e. The fourth-order valence-corrected chi connectivity index (χ4v) is 5.05. The van der Waals surface area contributed by atoms with E-state index in [2.05, 4.69) is 83.2 Å². The van der Waals surface area contributed by atoms with E-state index >= 15 is 0 Å². The summed E-state index contributed by atoms with van der Waals surface area (Å²) in [5.41, 5.74) is 7.29. The molecule has 0 radical (unpaired) electrons. The molecular formula is C33H23N3O. The van der Waals surface area contributed by atoms with Gasteiger partial charge in [-0.2, -0.15) is 0 Å². The normalized spacial score (nSPS) is 11.4. The van der Waals surface area contributed by atoms with Crippen LogP contribution in [0.4, 0.5) is 0 Å². The molecule has 0 N–H and O–H groups in total. The van der Waals surface area contributed by atoms with Gasteiger partial charge in [-0.05, 0) is 66.4 Å². The van der Waals surface area contributed by atoms with E-state index in [9.17, 15) is 0 Å². The van der Waals surface area contributed by atoms with Gasteiger partial charge >= 0.3 is 0 Å². The van der Waals surface area contributed by atoms with Gasteiger partial charge in [0.2, 0.25) is 0 Å². The number of pyridine rings is 2. The monoisotopic (exact) mass is 477 g/mol. The average Bonchev–Trinajstić information content (AvgIpc) is 3.40. The van der Waals surface area contributed by atoms with Gasteiger partial charge < -0.3 is 4.74 Å². The highest BCUT2D eigenvalue weighted by Gasteiger charge is 2.14. The Hall–Kier alpha value is -4.96. The number of rotatable bonds is 4. The minimum absolute atomic E-state index is 0.767. The Balaban J connectivity index is 1.39. The molecule has 0 saturated carbocycles. The number of aromatic nitrogens is 3. The first-order valence-corrected chi connectivity index (χ1v) is 12.3. The molecule has 0 atom stereocenters. The summed E-state index contributed by atoms with van der Waals surface area (Å²) >= 11 is 0. The molecule has 0 bridgehead atoms. The van der Waals surface area contributed by atoms with Crippen LogP contribution in [0.1, 0.15) is 5.56 Å². The van der Waals surface area contributed by atoms with Crippen LogP contribution in [0.15, 0.2) is 122 Å². The Labute approximate surface area is 214 Å². The molecule has 4 heteroatoms. The first kappa shape index (κ1) is 21.3. The van der Waals surface area contributed by atoms with E-state index < -0.39 is 0 Å². The minimum atomic E-state index is 0.767. The molecule has 7 aromatic rings. The zero-order valence-electron chi connectivity index (χ0n) is 20.3. The topological polar surface area (TPSA) is 39.4 Å². The van der Waals surface area contributed by atoms with Crippen LogP contribution in [0.5, 0.6) is 11.5 Å². The predicted molar refractivity (Wildman–Crippen MR) is 150 cm³/mol. The third-order valence-corrected chi connectivity index (χ3v) is 6.84. The van der Waals surface area contributed by atoms with E-state index in [1.165, 1.54) is 10.9 Å². The van der Waals surface area contributed by atoms with Crippen LogP contribution < -0.4 is 4.74 Å². The number of hydrogen-bond acceptors (Lipinski definition) is 3. The van der Waals surface area contributed by atoms with Gasteiger partial charge in [0.25, 0.3) is 0 Å². The Bertz CT molecular complexity index is 1920. The summed E-state index contributed by atoms with van der Waals surface area (Å²) in [7, 11) is 0. The van der Waals surface area contributed by atoms with Gasteiger partial charge in [-0.15, -0.1) is 0 Å². The van der Waals surface area contributed by atoms with E-state index in [1.54, 1.807) is 6.20 Å². The summed E-state index contributed by atoms with van der Waals surface area (Å²) in [4.78, 5) is 9.59. The van der Waals surface area contributed by atoms with Crippen LogP contribution in [0, 0.1) is 6.92 Å². The zero-order valence-corrected chi connectivity index (χ0v) is 20.3. The Morgan fingerprint density at radius 3 is 2.38 bits per heavy atom. The van der Waals surface area contributed by atoms with Gasteiger partial charge in [0.15, 0.2) is 0 Å². The Kier molecular flexibility index (Phi) is 4.96. The highest BCUT2D eigenvalue weighted by Crippen LogP contribution is 2.35. The van der Waals surface area contributed by atoms with Crippen LogP contribution in [0.25, 0.3) is 49.8 Å². The third-order valence-electron chi connectivity index (χ3n) is 6.84. The number of hydrogen-bond donors (Lipinski definition) is 0. The van der Waals surface area contributed by atoms with Crippen LogP contribution in [0.2, 0.25) is 0 Å². The second-order valence-electron chi connectivity index (χ2n) is 9.20. The highest BCUT2D eigenvalue weighted by molar-refractivity contribution is 6.12. The second kappa shape index (κ2) is 8.61. The van der Waals surface area contributed by atoms with Crippen molar-refractivity contribution < 1.29 is 4.74 Å². The van der Waals surface area contributed by atoms with Crippen molar-refractivity contribution in [2.45, 2.75) is 6.92 Å². The van der Waals surface area contributed by atoms with Crippen molar-refractivity contribution >= 4 is 27.3 Å². The smallest absolute Gasteiger partial charge is 0.146 e. The van der Waals surface area contributed by atoms with Crippen molar-refractivity contribution in [3.8, 4) is 34.0 Å². The molecular weight excluding hydrogens is 454 g/mol. The van der Waals surface area contributed by atoms with E-state index in [4.69, 9.17) is 9.72 Å². The predicted octanol–water partition coefficient (Wildman–Crippen LogP) is 8.47. The van der Waals surface area contributed by atoms with E-state index in [-0.39, 0.29) is 0 Å². The van der Waals surface area contributed by atoms with Crippen molar-refractivity contribution in [3.05, 3.63) is 127 Å². The lowest BCUT2D eigenvalue weighted by Crippen LogP contribution is -1.91. The van der Waals surface area contributed by atoms with E-state index in [0.717, 1.165) is 56.0 Å². The van der Waals surface area contributed by atoms with Gasteiger partial charge in [-0.25, -0.2) is 4.98 Å². The molecule has 0 fully saturated rings. The summed E-state index contributed by atoms with van der Waals surface area (Å²) in [5, 5.41) is 3.39. The van der Waals surface area contributed by atoms with Crippen LogP contribution in [-0.2, 0) is 0 Å². The summed E-state index contributed by atoms with van der Waals surface area (Å²) < 4.78 is 8.55. The molecule has 3 heterocycles. The fraction of sp³-hybridized carbons (Fsp3) is 0.0303. The van der Waals surface area contributed by atoms with Gasteiger partial charge in [0.05, 0.1) is 16.9 Å². The molecule has 0 spiro atoms. The molecule has 0 aliphatic carbocycles. The van der Waals surface area contributed by atoms with Crippen molar-refractivity contribution in [2.24, 2.45) is 0 Å². The quantitative estimate of drug-likeness (QED) is 0.239. The molecule has 0 amide bonds. The van der Waals surface area contributed by atoms with Crippen molar-refractivity contribution in [1.82, 2.24) is 14.4 Å². The molecule has 176 valence electrons. The van der Waals surface area contributed by atoms with Crippen molar-refractivity contribution in [1.29, 1.82) is 0 Å². The van der Waals surface area contributed by atoms with Crippen molar-refractivity contribution in [2.75, 3.05) is 0 Å². The van der Waals surface area contributed by atoms with Gasteiger partial charge in [-0.3, -0.25) is 9.38 Å². The maximum Gasteiger partial charge on any atom is 0.146 e. The lowest BCUT2D eigenvalue weighted by Gasteiger charge is -2.11. The largest absolute Gasteiger partial charge is 0.457 e. The fourth-order valence-electron chi connectivity index (χ4n) is 5.05. The number of nitrogens with zero attached hydrogens (tertiary/aromatic N) is 3. The molecule has 0 aliphatic heterocycles. The number of imidazole rings is 1. The molecule has 7 rings (SSSR count). The van der Waals surface area contributed by atoms with Gasteiger partial charge in [0.1, 0.15) is 17.1 Å². The SMILES string of the molecule is Cc1ccccc1-c1cn2c3ccccc3c3ccc(Oc4cccc(-c5ccccn5)c4)cc3c2n1. The van der Waals surface area contributed by atoms with E-state index in [0.29, 0.717) is 0 Å². The summed E-state index contributed by atoms with van der Waals surface area (Å²) in [6.07, 6.45) is 3.95. The molecule has 4 nitrogen and oxygen atoms in total. The van der Waals surface area contributed by atoms with Gasteiger partial charge in [-0.1, -0.05) is 60.7 Å². The van der Waals surface area contributed by atoms with Crippen molar-refractivity contribution in [3.63, 3.8) is 0 Å². The number of benzene rings is 4. The standard InChI is InChI=1S/C33H23N3O/c1-22-9-2-3-12-26(22)31-21-36-32-15-5-4-13-28(32)27-17-16-25(20-29(27)33(36)35-31)37-24-11-8-10-23(19-24)30-14-6-7-18-34-30/h2-21H,1H3. The average molecular weight is 478 g/mol. The number of fused-ring (bicyclic) bond motifs is 6. The van der Waals surface area contributed by atoms with Crippen LogP contribution in [-0.4, -0.2) is 14.4 Å². The maximum absolute atomic E-state index is 6.36. The Morgan fingerprint density at radius 2 is 1.49 bits per heavy atom. The zero-order chi connectivity index (χ0) is 24.8. The summed E-state index contributed by atoms with van der Waals surface area (Å²) in [5.74, 6) is 1.53. The van der Waals surface area contributed by atoms with Gasteiger partial charge in [0, 0.05) is 34.3 Å². The van der Waals surface area contributed by atoms with E-state index in [1.807, 2.05) is 48.5 Å². The highest BCUT2D eigenvalue weighted by atomic mass is 16.5. The number of aryl methyl sites for hydroxylation is 1. The number of ether oxygens (including phenoxy) is 1. The summed E-state index contributed by atoms with van der Waals surface area (Å²) in [6, 6.07) is 37.1. The summed E-state index contributed by atoms with van der Waals surface area (Å²) in [6.45, 7) is 2.13. The lowest BCUT2D eigenvalue weighted by atomic mass is 10.1. The molecule has 3 aromatic heterocycles. The molecule has 37 heavy (non-hydrogen) atoms. The maximum atomic E-state index is 6.36. The molecule has 0 unspecified atom stereocenters. The molecule has 4 aromatic carbocycles. The van der Waals surface area contributed by atoms with Crippen LogP contribution >= 0.6 is 0 Å². The Morgan fingerprint density at radius 1 is 0.649 bits per heavy atom. The third kappa shape index (κ3) is 3.71. The first-order chi connectivity index (χ1) is 18.2.